The van der Waals surface area contributed by atoms with Crippen LogP contribution in [-0.4, -0.2) is 106 Å². The molecule has 1 unspecified atom stereocenters. The average Bonchev–Trinajstić information content (AvgIpc) is 2.32. The lowest BCUT2D eigenvalue weighted by molar-refractivity contribution is -1.07. The first-order chi connectivity index (χ1) is 10.9. The topological polar surface area (TPSA) is 49.3 Å². The van der Waals surface area contributed by atoms with Crippen molar-refractivity contribution >= 4 is 5.91 Å². The Bertz CT molecular complexity index is 449. The summed E-state index contributed by atoms with van der Waals surface area (Å²) in [5, 5.41) is 13.7. The second-order valence-corrected chi connectivity index (χ2v) is 9.56. The molecule has 0 fully saturated rings. The van der Waals surface area contributed by atoms with E-state index in [4.69, 9.17) is 0 Å². The van der Waals surface area contributed by atoms with Crippen molar-refractivity contribution in [3.63, 3.8) is 0 Å². The number of rotatable bonds is 9. The van der Waals surface area contributed by atoms with E-state index < -0.39 is 5.60 Å². The van der Waals surface area contributed by atoms with Crippen LogP contribution in [0.25, 0.3) is 0 Å². The molecule has 0 saturated carbocycles. The molecule has 0 aromatic rings. The zero-order chi connectivity index (χ0) is 20.7. The number of amides is 1. The lowest BCUT2D eigenvalue weighted by atomic mass is 10.0. The summed E-state index contributed by atoms with van der Waals surface area (Å²) in [4.78, 5) is 11.7. The zero-order valence-corrected chi connectivity index (χ0v) is 18.1. The number of hydrogen-bond donors (Lipinski definition) is 2. The summed E-state index contributed by atoms with van der Waals surface area (Å²) >= 11 is 0. The molecule has 148 valence electrons. The average molecular weight is 360 g/mol. The minimum atomic E-state index is -0.747. The first-order valence-corrected chi connectivity index (χ1v) is 8.55. The van der Waals surface area contributed by atoms with Gasteiger partial charge in [0.05, 0.1) is 49.3 Å². The molecule has 0 aromatic carbocycles. The van der Waals surface area contributed by atoms with Gasteiger partial charge < -0.3 is 14.9 Å². The zero-order valence-electron chi connectivity index (χ0n) is 18.1. The highest BCUT2D eigenvalue weighted by Gasteiger charge is 2.38. The molecule has 0 aromatic heterocycles. The van der Waals surface area contributed by atoms with Gasteiger partial charge in [0.1, 0.15) is 13.1 Å². The van der Waals surface area contributed by atoms with Gasteiger partial charge >= 0.3 is 0 Å². The smallest absolute Gasteiger partial charge is 0.250 e. The molecule has 0 aliphatic rings. The summed E-state index contributed by atoms with van der Waals surface area (Å²) < 4.78 is 2.02. The summed E-state index contributed by atoms with van der Waals surface area (Å²) in [6.07, 6.45) is 0. The van der Waals surface area contributed by atoms with Crippen molar-refractivity contribution in [3.8, 4) is 0 Å². The van der Waals surface area contributed by atoms with Crippen LogP contribution in [0.15, 0.2) is 25.3 Å². The van der Waals surface area contributed by atoms with Crippen molar-refractivity contribution in [2.75, 3.05) is 75.8 Å². The van der Waals surface area contributed by atoms with Crippen LogP contribution < -0.4 is 5.32 Å². The van der Waals surface area contributed by atoms with Crippen molar-refractivity contribution < 1.29 is 23.4 Å². The Morgan fingerprint density at radius 3 is 1.80 bits per heavy atom. The Kier molecular flexibility index (Phi) is 9.87. The minimum absolute atomic E-state index is 0.112. The van der Waals surface area contributed by atoms with Crippen LogP contribution in [0.5, 0.6) is 0 Å². The number of likely N-dealkylation sites (N-methyl/N-ethyl adjacent to an activating group) is 2. The molecule has 1 amide bonds. The Balaban J connectivity index is 0. The fourth-order valence-electron chi connectivity index (χ4n) is 3.57. The quantitative estimate of drug-likeness (QED) is 0.279. The van der Waals surface area contributed by atoms with Crippen molar-refractivity contribution in [2.45, 2.75) is 19.4 Å². The van der Waals surface area contributed by atoms with Gasteiger partial charge in [0.2, 0.25) is 6.67 Å². The molecular formula is C19H43N4O2+3. The maximum Gasteiger partial charge on any atom is 0.250 e. The van der Waals surface area contributed by atoms with E-state index in [0.29, 0.717) is 34.3 Å². The number of nitrogens with one attached hydrogen (secondary N) is 1. The molecule has 25 heavy (non-hydrogen) atoms. The van der Waals surface area contributed by atoms with Crippen molar-refractivity contribution in [1.82, 2.24) is 5.32 Å². The molecule has 2 N–H and O–H groups in total. The molecule has 0 heterocycles. The Hall–Kier alpha value is -1.21. The van der Waals surface area contributed by atoms with Gasteiger partial charge in [-0.2, -0.15) is 0 Å². The number of quaternary nitrogens is 3. The highest BCUT2D eigenvalue weighted by molar-refractivity contribution is 5.91. The summed E-state index contributed by atoms with van der Waals surface area (Å²) in [5.74, 6) is -0.112. The lowest BCUT2D eigenvalue weighted by Gasteiger charge is -2.42. The Morgan fingerprint density at radius 2 is 1.44 bits per heavy atom. The largest absolute Gasteiger partial charge is 0.379 e. The SMILES string of the molecule is C=C.C=C(C)C(=O)NC[N+](C)(C)C[N+](C)(C)CC(C)(O)C[N+](C)(C)C. The lowest BCUT2D eigenvalue weighted by Crippen LogP contribution is -2.64. The first-order valence-electron chi connectivity index (χ1n) is 8.55. The van der Waals surface area contributed by atoms with Crippen molar-refractivity contribution in [2.24, 2.45) is 0 Å². The molecule has 6 heteroatoms. The predicted molar refractivity (Wildman–Crippen MR) is 107 cm³/mol. The third-order valence-corrected chi connectivity index (χ3v) is 3.40. The van der Waals surface area contributed by atoms with Crippen LogP contribution in [0.4, 0.5) is 0 Å². The molecule has 0 saturated heterocycles. The summed E-state index contributed by atoms with van der Waals surface area (Å²) in [7, 11) is 14.6. The number of hydrogen-bond acceptors (Lipinski definition) is 2. The fourth-order valence-corrected chi connectivity index (χ4v) is 3.57. The molecule has 6 nitrogen and oxygen atoms in total. The molecule has 0 aliphatic carbocycles. The molecule has 0 spiro atoms. The van der Waals surface area contributed by atoms with Crippen LogP contribution in [0.1, 0.15) is 13.8 Å². The molecule has 0 bridgehead atoms. The monoisotopic (exact) mass is 359 g/mol. The van der Waals surface area contributed by atoms with Crippen LogP contribution in [0.2, 0.25) is 0 Å². The van der Waals surface area contributed by atoms with Crippen LogP contribution in [-0.2, 0) is 4.79 Å². The number of carbonyl (C=O) groups is 1. The number of carbonyl (C=O) groups excluding carboxylic acids is 1. The normalized spacial score (nSPS) is 14.8. The number of nitrogens with zero attached hydrogens (tertiary/aromatic N) is 3. The molecule has 0 radical (unpaired) electrons. The van der Waals surface area contributed by atoms with Crippen LogP contribution in [0.3, 0.4) is 0 Å². The third kappa shape index (κ3) is 13.7. The van der Waals surface area contributed by atoms with Gasteiger partial charge in [-0.1, -0.05) is 6.58 Å². The molecular weight excluding hydrogens is 316 g/mol. The second-order valence-electron chi connectivity index (χ2n) is 9.56. The van der Waals surface area contributed by atoms with Gasteiger partial charge in [0, 0.05) is 5.57 Å². The fraction of sp³-hybridized carbons (Fsp3) is 0.737. The van der Waals surface area contributed by atoms with Gasteiger partial charge in [-0.3, -0.25) is 13.8 Å². The van der Waals surface area contributed by atoms with Crippen molar-refractivity contribution in [3.05, 3.63) is 25.3 Å². The first kappa shape index (κ1) is 26.0. The van der Waals surface area contributed by atoms with Crippen LogP contribution in [0, 0.1) is 0 Å². The van der Waals surface area contributed by atoms with E-state index in [-0.39, 0.29) is 5.91 Å². The van der Waals surface area contributed by atoms with Crippen LogP contribution >= 0.6 is 0 Å². The Labute approximate surface area is 155 Å². The second kappa shape index (κ2) is 9.48. The van der Waals surface area contributed by atoms with E-state index in [1.807, 2.05) is 6.92 Å². The molecule has 0 aliphatic heterocycles. The van der Waals surface area contributed by atoms with E-state index in [1.54, 1.807) is 6.92 Å². The Morgan fingerprint density at radius 1 is 1.00 bits per heavy atom. The predicted octanol–water partition coefficient (Wildman–Crippen LogP) is 1.01. The van der Waals surface area contributed by atoms with Gasteiger partial charge in [-0.15, -0.1) is 13.2 Å². The van der Waals surface area contributed by atoms with E-state index >= 15 is 0 Å². The number of aliphatic hydroxyl groups is 1. The highest BCUT2D eigenvalue weighted by atomic mass is 16.3. The van der Waals surface area contributed by atoms with Gasteiger partial charge in [0.15, 0.2) is 12.3 Å². The van der Waals surface area contributed by atoms with E-state index in [0.717, 1.165) is 11.2 Å². The minimum Gasteiger partial charge on any atom is -0.379 e. The summed E-state index contributed by atoms with van der Waals surface area (Å²) in [6, 6.07) is 0. The van der Waals surface area contributed by atoms with Gasteiger partial charge in [-0.05, 0) is 13.8 Å². The van der Waals surface area contributed by atoms with E-state index in [2.05, 4.69) is 74.4 Å². The molecule has 0 rings (SSSR count). The third-order valence-electron chi connectivity index (χ3n) is 3.40. The van der Waals surface area contributed by atoms with Gasteiger partial charge in [0.25, 0.3) is 5.91 Å². The van der Waals surface area contributed by atoms with E-state index in [9.17, 15) is 9.90 Å². The van der Waals surface area contributed by atoms with Crippen molar-refractivity contribution in [1.29, 1.82) is 0 Å². The molecule has 1 atom stereocenters. The standard InChI is InChI=1S/C17H38N4O2.C2H4/c1-15(2)16(22)18-13-21(9,10)14-20(7,8)12-17(3,23)11-19(4,5)6;1-2/h23H,1,11-14H2,2-10H3;1-2H2/q+2;/p+1. The summed E-state index contributed by atoms with van der Waals surface area (Å²) in [6.45, 7) is 15.9. The summed E-state index contributed by atoms with van der Waals surface area (Å²) in [5.41, 5.74) is -0.229. The maximum atomic E-state index is 11.7. The van der Waals surface area contributed by atoms with E-state index in [1.165, 1.54) is 0 Å². The van der Waals surface area contributed by atoms with Gasteiger partial charge in [-0.25, -0.2) is 0 Å². The maximum absolute atomic E-state index is 11.7. The highest BCUT2D eigenvalue weighted by Crippen LogP contribution is 2.16.